The van der Waals surface area contributed by atoms with Crippen LogP contribution in [0.2, 0.25) is 0 Å². The van der Waals surface area contributed by atoms with Crippen molar-refractivity contribution in [2.24, 2.45) is 0 Å². The minimum Gasteiger partial charge on any atom is -0.342 e. The maximum Gasteiger partial charge on any atom is 0.251 e. The van der Waals surface area contributed by atoms with Crippen LogP contribution in [0.4, 0.5) is 0 Å². The molecule has 0 fully saturated rings. The van der Waals surface area contributed by atoms with Gasteiger partial charge < -0.3 is 14.8 Å². The van der Waals surface area contributed by atoms with E-state index in [0.717, 1.165) is 11.0 Å². The lowest BCUT2D eigenvalue weighted by atomic mass is 10.2. The van der Waals surface area contributed by atoms with E-state index in [-0.39, 0.29) is 24.4 Å². The molecule has 0 aliphatic heterocycles. The summed E-state index contributed by atoms with van der Waals surface area (Å²) in [5.41, 5.74) is 2.29. The van der Waals surface area contributed by atoms with Crippen LogP contribution in [0.25, 0.3) is 11.0 Å². The number of amides is 2. The molecule has 1 atom stereocenters. The van der Waals surface area contributed by atoms with Crippen LogP contribution in [-0.4, -0.2) is 39.4 Å². The van der Waals surface area contributed by atoms with E-state index in [0.29, 0.717) is 24.5 Å². The van der Waals surface area contributed by atoms with Crippen molar-refractivity contribution >= 4 is 22.8 Å². The maximum atomic E-state index is 12.7. The fourth-order valence-electron chi connectivity index (χ4n) is 3.34. The first-order valence-corrected chi connectivity index (χ1v) is 9.64. The van der Waals surface area contributed by atoms with Crippen LogP contribution in [-0.2, 0) is 11.3 Å². The first-order chi connectivity index (χ1) is 13.5. The molecular weight excluding hydrogens is 352 g/mol. The van der Waals surface area contributed by atoms with Gasteiger partial charge in [-0.05, 0) is 45.0 Å². The monoisotopic (exact) mass is 378 g/mol. The van der Waals surface area contributed by atoms with Gasteiger partial charge in [0.25, 0.3) is 5.91 Å². The zero-order valence-electron chi connectivity index (χ0n) is 16.6. The Morgan fingerprint density at radius 3 is 2.36 bits per heavy atom. The molecular formula is C22H26N4O2. The average molecular weight is 378 g/mol. The molecule has 0 radical (unpaired) electrons. The van der Waals surface area contributed by atoms with E-state index in [2.05, 4.69) is 5.32 Å². The van der Waals surface area contributed by atoms with Crippen molar-refractivity contribution in [1.82, 2.24) is 19.8 Å². The highest BCUT2D eigenvalue weighted by atomic mass is 16.2. The van der Waals surface area contributed by atoms with Gasteiger partial charge in [0.15, 0.2) is 0 Å². The Morgan fingerprint density at radius 2 is 1.68 bits per heavy atom. The zero-order chi connectivity index (χ0) is 20.1. The highest BCUT2D eigenvalue weighted by Crippen LogP contribution is 2.21. The van der Waals surface area contributed by atoms with Gasteiger partial charge in [0.2, 0.25) is 5.91 Å². The van der Waals surface area contributed by atoms with Crippen molar-refractivity contribution in [2.75, 3.05) is 13.1 Å². The largest absolute Gasteiger partial charge is 0.342 e. The third-order valence-electron chi connectivity index (χ3n) is 4.86. The molecule has 0 saturated carbocycles. The number of rotatable bonds is 7. The summed E-state index contributed by atoms with van der Waals surface area (Å²) in [6.45, 7) is 7.35. The topological polar surface area (TPSA) is 67.2 Å². The molecule has 1 heterocycles. The number of benzene rings is 2. The van der Waals surface area contributed by atoms with Gasteiger partial charge in [-0.3, -0.25) is 9.59 Å². The number of carbonyl (C=O) groups excluding carboxylic acids is 2. The van der Waals surface area contributed by atoms with E-state index in [9.17, 15) is 9.59 Å². The van der Waals surface area contributed by atoms with Gasteiger partial charge in [-0.25, -0.2) is 4.98 Å². The van der Waals surface area contributed by atoms with E-state index >= 15 is 0 Å². The molecule has 1 N–H and O–H groups in total. The molecule has 146 valence electrons. The van der Waals surface area contributed by atoms with Crippen molar-refractivity contribution in [2.45, 2.75) is 33.4 Å². The van der Waals surface area contributed by atoms with Gasteiger partial charge in [-0.2, -0.15) is 0 Å². The standard InChI is InChI=1S/C22H26N4O2/c1-4-25(5-2)20(27)15-26-19-14-10-9-13-18(19)24-21(26)16(3)23-22(28)17-11-7-6-8-12-17/h6-14,16H,4-5,15H2,1-3H3,(H,23,28). The summed E-state index contributed by atoms with van der Waals surface area (Å²) in [5, 5.41) is 3.00. The molecule has 0 bridgehead atoms. The number of likely N-dealkylation sites (N-methyl/N-ethyl adjacent to an activating group) is 1. The Labute approximate surface area is 165 Å². The van der Waals surface area contributed by atoms with E-state index in [1.165, 1.54) is 0 Å². The molecule has 0 aliphatic carbocycles. The van der Waals surface area contributed by atoms with Gasteiger partial charge >= 0.3 is 0 Å². The minimum atomic E-state index is -0.343. The molecule has 1 aromatic heterocycles. The summed E-state index contributed by atoms with van der Waals surface area (Å²) in [5.74, 6) is 0.545. The number of aromatic nitrogens is 2. The summed E-state index contributed by atoms with van der Waals surface area (Å²) >= 11 is 0. The first kappa shape index (κ1) is 19.6. The summed E-state index contributed by atoms with van der Waals surface area (Å²) in [7, 11) is 0. The molecule has 3 rings (SSSR count). The number of fused-ring (bicyclic) bond motifs is 1. The molecule has 2 aromatic carbocycles. The second-order valence-corrected chi connectivity index (χ2v) is 6.67. The lowest BCUT2D eigenvalue weighted by Crippen LogP contribution is -2.35. The van der Waals surface area contributed by atoms with Crippen LogP contribution in [0.15, 0.2) is 54.6 Å². The third-order valence-corrected chi connectivity index (χ3v) is 4.86. The second kappa shape index (κ2) is 8.69. The predicted octanol–water partition coefficient (Wildman–Crippen LogP) is 3.40. The molecule has 0 saturated heterocycles. The van der Waals surface area contributed by atoms with Gasteiger partial charge in [0.1, 0.15) is 12.4 Å². The Morgan fingerprint density at radius 1 is 1.04 bits per heavy atom. The number of hydrogen-bond acceptors (Lipinski definition) is 3. The second-order valence-electron chi connectivity index (χ2n) is 6.67. The number of nitrogens with one attached hydrogen (secondary N) is 1. The van der Waals surface area contributed by atoms with Crippen LogP contribution in [0.5, 0.6) is 0 Å². The number of imidazole rings is 1. The Bertz CT molecular complexity index is 961. The lowest BCUT2D eigenvalue weighted by Gasteiger charge is -2.21. The molecule has 2 amide bonds. The molecule has 0 aliphatic rings. The normalized spacial score (nSPS) is 12.0. The molecule has 6 heteroatoms. The highest BCUT2D eigenvalue weighted by molar-refractivity contribution is 5.94. The Balaban J connectivity index is 1.91. The van der Waals surface area contributed by atoms with E-state index in [4.69, 9.17) is 4.98 Å². The van der Waals surface area contributed by atoms with Gasteiger partial charge in [0, 0.05) is 18.7 Å². The fraction of sp³-hybridized carbons (Fsp3) is 0.318. The summed E-state index contributed by atoms with van der Waals surface area (Å²) in [6, 6.07) is 16.5. The molecule has 0 spiro atoms. The van der Waals surface area contributed by atoms with Crippen molar-refractivity contribution in [3.63, 3.8) is 0 Å². The van der Waals surface area contributed by atoms with Crippen molar-refractivity contribution in [3.8, 4) is 0 Å². The number of nitrogens with zero attached hydrogens (tertiary/aromatic N) is 3. The van der Waals surface area contributed by atoms with Crippen LogP contribution in [0.1, 0.15) is 43.0 Å². The van der Waals surface area contributed by atoms with Crippen molar-refractivity contribution < 1.29 is 9.59 Å². The maximum absolute atomic E-state index is 12.7. The van der Waals surface area contributed by atoms with Crippen LogP contribution < -0.4 is 5.32 Å². The highest BCUT2D eigenvalue weighted by Gasteiger charge is 2.21. The zero-order valence-corrected chi connectivity index (χ0v) is 16.6. The van der Waals surface area contributed by atoms with Gasteiger partial charge in [-0.1, -0.05) is 30.3 Å². The van der Waals surface area contributed by atoms with Crippen LogP contribution in [0, 0.1) is 0 Å². The number of hydrogen-bond donors (Lipinski definition) is 1. The molecule has 3 aromatic rings. The van der Waals surface area contributed by atoms with E-state index < -0.39 is 0 Å². The first-order valence-electron chi connectivity index (χ1n) is 9.64. The Kier molecular flexibility index (Phi) is 6.09. The summed E-state index contributed by atoms with van der Waals surface area (Å²) in [6.07, 6.45) is 0. The smallest absolute Gasteiger partial charge is 0.251 e. The quantitative estimate of drug-likeness (QED) is 0.685. The summed E-state index contributed by atoms with van der Waals surface area (Å²) in [4.78, 5) is 31.8. The van der Waals surface area contributed by atoms with Crippen molar-refractivity contribution in [3.05, 3.63) is 66.0 Å². The fourth-order valence-corrected chi connectivity index (χ4v) is 3.34. The van der Waals surface area contributed by atoms with Crippen LogP contribution >= 0.6 is 0 Å². The molecule has 6 nitrogen and oxygen atoms in total. The number of para-hydroxylation sites is 2. The third kappa shape index (κ3) is 4.06. The SMILES string of the molecule is CCN(CC)C(=O)Cn1c(C(C)NC(=O)c2ccccc2)nc2ccccc21. The average Bonchev–Trinajstić information content (AvgIpc) is 3.08. The number of carbonyl (C=O) groups is 2. The van der Waals surface area contributed by atoms with Crippen molar-refractivity contribution in [1.29, 1.82) is 0 Å². The lowest BCUT2D eigenvalue weighted by molar-refractivity contribution is -0.131. The molecule has 28 heavy (non-hydrogen) atoms. The van der Waals surface area contributed by atoms with E-state index in [1.807, 2.05) is 67.8 Å². The predicted molar refractivity (Wildman–Crippen MR) is 110 cm³/mol. The molecule has 1 unspecified atom stereocenters. The Hall–Kier alpha value is -3.15. The minimum absolute atomic E-state index is 0.0380. The van der Waals surface area contributed by atoms with E-state index in [1.54, 1.807) is 17.0 Å². The van der Waals surface area contributed by atoms with Gasteiger partial charge in [-0.15, -0.1) is 0 Å². The van der Waals surface area contributed by atoms with Crippen LogP contribution in [0.3, 0.4) is 0 Å². The van der Waals surface area contributed by atoms with Gasteiger partial charge in [0.05, 0.1) is 17.1 Å². The summed E-state index contributed by atoms with van der Waals surface area (Å²) < 4.78 is 1.91.